The van der Waals surface area contributed by atoms with E-state index in [1.807, 2.05) is 10.6 Å². The smallest absolute Gasteiger partial charge is 0.261 e. The van der Waals surface area contributed by atoms with E-state index in [1.165, 1.54) is 0 Å². The first-order chi connectivity index (χ1) is 8.56. The molecular weight excluding hydrogens is 247 g/mol. The topological polar surface area (TPSA) is 45.5 Å². The summed E-state index contributed by atoms with van der Waals surface area (Å²) in [6.45, 7) is 6.18. The molecule has 2 aliphatic rings. The van der Waals surface area contributed by atoms with Gasteiger partial charge in [0.15, 0.2) is 0 Å². The third-order valence-corrected chi connectivity index (χ3v) is 4.37. The first-order valence-electron chi connectivity index (χ1n) is 6.18. The molecule has 4 nitrogen and oxygen atoms in total. The van der Waals surface area contributed by atoms with E-state index in [9.17, 15) is 9.90 Å². The fourth-order valence-corrected chi connectivity index (χ4v) is 3.76. The van der Waals surface area contributed by atoms with Crippen LogP contribution < -0.4 is 5.56 Å². The van der Waals surface area contributed by atoms with Crippen molar-refractivity contribution in [1.29, 1.82) is 0 Å². The molecule has 0 amide bonds. The van der Waals surface area contributed by atoms with E-state index >= 15 is 0 Å². The highest BCUT2D eigenvalue weighted by Crippen LogP contribution is 2.36. The number of aromatic nitrogens is 1. The second kappa shape index (κ2) is 4.22. The lowest BCUT2D eigenvalue weighted by Gasteiger charge is -2.41. The molecule has 1 N–H and O–H groups in total. The molecule has 0 aromatic carbocycles. The maximum atomic E-state index is 12.3. The number of hydrogen-bond donors (Lipinski definition) is 1. The standard InChI is InChI=1S/C13H17N2O2P/c1-8(16)11-2-3-12-10-4-9(5-14(18)7-10)6-15(12)13(11)17/h2-3,9-10,16H,1,4-7,18H2. The molecule has 1 saturated heterocycles. The van der Waals surface area contributed by atoms with Crippen LogP contribution in [0.3, 0.4) is 0 Å². The molecule has 2 aliphatic heterocycles. The SMILES string of the molecule is C=C(O)c1ccc2n(c1=O)CC1CC2CN(P)C1. The van der Waals surface area contributed by atoms with E-state index in [2.05, 4.69) is 20.6 Å². The average molecular weight is 264 g/mol. The van der Waals surface area contributed by atoms with Crippen LogP contribution in [0, 0.1) is 5.92 Å². The van der Waals surface area contributed by atoms with Gasteiger partial charge in [-0.05, 0) is 24.5 Å². The first kappa shape index (κ1) is 11.9. The number of fused-ring (bicyclic) bond motifs is 4. The van der Waals surface area contributed by atoms with Crippen molar-refractivity contribution in [3.8, 4) is 0 Å². The van der Waals surface area contributed by atoms with Crippen molar-refractivity contribution in [3.63, 3.8) is 0 Å². The lowest BCUT2D eigenvalue weighted by atomic mass is 9.84. The largest absolute Gasteiger partial charge is 0.508 e. The molecule has 0 radical (unpaired) electrons. The maximum absolute atomic E-state index is 12.3. The summed E-state index contributed by atoms with van der Waals surface area (Å²) in [6, 6.07) is 3.65. The molecule has 3 heterocycles. The Balaban J connectivity index is 2.11. The normalized spacial score (nSPS) is 26.7. The van der Waals surface area contributed by atoms with Gasteiger partial charge in [-0.2, -0.15) is 0 Å². The Labute approximate surface area is 108 Å². The van der Waals surface area contributed by atoms with Crippen molar-refractivity contribution < 1.29 is 5.11 Å². The second-order valence-electron chi connectivity index (χ2n) is 5.29. The van der Waals surface area contributed by atoms with E-state index in [0.29, 0.717) is 17.4 Å². The van der Waals surface area contributed by atoms with Gasteiger partial charge < -0.3 is 9.67 Å². The van der Waals surface area contributed by atoms with Crippen LogP contribution in [0.5, 0.6) is 0 Å². The van der Waals surface area contributed by atoms with Crippen molar-refractivity contribution >= 4 is 15.1 Å². The van der Waals surface area contributed by atoms with E-state index < -0.39 is 0 Å². The molecule has 3 unspecified atom stereocenters. The molecule has 0 spiro atoms. The van der Waals surface area contributed by atoms with Gasteiger partial charge in [-0.3, -0.25) is 9.46 Å². The zero-order valence-corrected chi connectivity index (χ0v) is 11.3. The van der Waals surface area contributed by atoms with Gasteiger partial charge in [-0.15, -0.1) is 0 Å². The van der Waals surface area contributed by atoms with Crippen LogP contribution in [0.2, 0.25) is 0 Å². The maximum Gasteiger partial charge on any atom is 0.261 e. The van der Waals surface area contributed by atoms with Crippen LogP contribution in [0.15, 0.2) is 23.5 Å². The molecule has 0 aliphatic carbocycles. The van der Waals surface area contributed by atoms with E-state index in [1.54, 1.807) is 6.07 Å². The molecule has 2 bridgehead atoms. The van der Waals surface area contributed by atoms with Crippen molar-refractivity contribution in [2.24, 2.45) is 5.92 Å². The lowest BCUT2D eigenvalue weighted by molar-refractivity contribution is 0.195. The fraction of sp³-hybridized carbons (Fsp3) is 0.462. The number of pyridine rings is 1. The van der Waals surface area contributed by atoms with Gasteiger partial charge in [-0.1, -0.05) is 16.0 Å². The van der Waals surface area contributed by atoms with Crippen molar-refractivity contribution in [2.45, 2.75) is 18.9 Å². The third-order valence-electron chi connectivity index (χ3n) is 3.94. The minimum atomic E-state index is -0.140. The van der Waals surface area contributed by atoms with Crippen LogP contribution in [0.25, 0.3) is 5.76 Å². The highest BCUT2D eigenvalue weighted by molar-refractivity contribution is 7.13. The zero-order chi connectivity index (χ0) is 12.9. The molecule has 3 rings (SSSR count). The predicted molar refractivity (Wildman–Crippen MR) is 74.5 cm³/mol. The first-order valence-corrected chi connectivity index (χ1v) is 6.69. The molecule has 96 valence electrons. The minimum Gasteiger partial charge on any atom is -0.508 e. The summed E-state index contributed by atoms with van der Waals surface area (Å²) >= 11 is 0. The number of piperidine rings is 1. The average Bonchev–Trinajstić information content (AvgIpc) is 2.29. The summed E-state index contributed by atoms with van der Waals surface area (Å²) in [5.74, 6) is 0.802. The van der Waals surface area contributed by atoms with E-state index in [4.69, 9.17) is 0 Å². The molecule has 1 aromatic heterocycles. The van der Waals surface area contributed by atoms with Crippen molar-refractivity contribution in [2.75, 3.05) is 13.1 Å². The van der Waals surface area contributed by atoms with E-state index in [-0.39, 0.29) is 11.3 Å². The Hall–Kier alpha value is -1.12. The van der Waals surface area contributed by atoms with Gasteiger partial charge in [0.05, 0.1) is 5.56 Å². The summed E-state index contributed by atoms with van der Waals surface area (Å²) in [4.78, 5) is 12.3. The molecule has 1 fully saturated rings. The van der Waals surface area contributed by atoms with Crippen molar-refractivity contribution in [3.05, 3.63) is 40.3 Å². The van der Waals surface area contributed by atoms with Gasteiger partial charge in [-0.25, -0.2) is 0 Å². The highest BCUT2D eigenvalue weighted by atomic mass is 31.0. The third kappa shape index (κ3) is 1.80. The molecule has 1 aromatic rings. The summed E-state index contributed by atoms with van der Waals surface area (Å²) in [5.41, 5.74) is 1.31. The fourth-order valence-electron chi connectivity index (χ4n) is 3.20. The number of rotatable bonds is 1. The van der Waals surface area contributed by atoms with Gasteiger partial charge >= 0.3 is 0 Å². The van der Waals surface area contributed by atoms with Crippen LogP contribution >= 0.6 is 9.39 Å². The summed E-state index contributed by atoms with van der Waals surface area (Å²) in [5, 5.41) is 9.43. The summed E-state index contributed by atoms with van der Waals surface area (Å²) in [6.07, 6.45) is 1.16. The van der Waals surface area contributed by atoms with Gasteiger partial charge in [0.2, 0.25) is 0 Å². The predicted octanol–water partition coefficient (Wildman–Crippen LogP) is 1.59. The minimum absolute atomic E-state index is 0.105. The Morgan fingerprint density at radius 1 is 1.39 bits per heavy atom. The van der Waals surface area contributed by atoms with Crippen LogP contribution in [-0.2, 0) is 6.54 Å². The molecular formula is C13H17N2O2P. The monoisotopic (exact) mass is 264 g/mol. The lowest BCUT2D eigenvalue weighted by Crippen LogP contribution is -2.44. The quantitative estimate of drug-likeness (QED) is 0.619. The van der Waals surface area contributed by atoms with Gasteiger partial charge in [0.25, 0.3) is 5.56 Å². The van der Waals surface area contributed by atoms with Crippen LogP contribution in [0.1, 0.15) is 23.6 Å². The Morgan fingerprint density at radius 3 is 2.89 bits per heavy atom. The van der Waals surface area contributed by atoms with Crippen LogP contribution in [0.4, 0.5) is 0 Å². The highest BCUT2D eigenvalue weighted by Gasteiger charge is 2.33. The molecule has 3 atom stereocenters. The Kier molecular flexibility index (Phi) is 2.80. The number of nitrogens with zero attached hydrogens (tertiary/aromatic N) is 2. The van der Waals surface area contributed by atoms with Gasteiger partial charge in [0, 0.05) is 31.2 Å². The molecule has 5 heteroatoms. The molecule has 18 heavy (non-hydrogen) atoms. The summed E-state index contributed by atoms with van der Waals surface area (Å²) in [7, 11) is 2.76. The summed E-state index contributed by atoms with van der Waals surface area (Å²) < 4.78 is 4.08. The van der Waals surface area contributed by atoms with Crippen LogP contribution in [-0.4, -0.2) is 27.4 Å². The Bertz CT molecular complexity index is 567. The van der Waals surface area contributed by atoms with E-state index in [0.717, 1.165) is 31.7 Å². The van der Waals surface area contributed by atoms with Crippen molar-refractivity contribution in [1.82, 2.24) is 9.24 Å². The zero-order valence-electron chi connectivity index (χ0n) is 10.2. The number of aliphatic hydroxyl groups excluding tert-OH is 1. The number of aliphatic hydroxyl groups is 1. The number of hydrogen-bond acceptors (Lipinski definition) is 3. The van der Waals surface area contributed by atoms with Gasteiger partial charge in [0.1, 0.15) is 5.76 Å². The Morgan fingerprint density at radius 2 is 2.17 bits per heavy atom. The molecule has 0 saturated carbocycles. The second-order valence-corrected chi connectivity index (χ2v) is 6.02.